The second-order valence-electron chi connectivity index (χ2n) is 7.53. The van der Waals surface area contributed by atoms with Crippen LogP contribution >= 0.6 is 11.6 Å². The molecule has 2 aromatic carbocycles. The predicted octanol–water partition coefficient (Wildman–Crippen LogP) is 3.80. The maximum Gasteiger partial charge on any atom is 0.244 e. The molecule has 0 aromatic heterocycles. The van der Waals surface area contributed by atoms with Gasteiger partial charge in [0.1, 0.15) is 4.90 Å². The molecule has 0 amide bonds. The summed E-state index contributed by atoms with van der Waals surface area (Å²) in [6.07, 6.45) is 2.92. The fourth-order valence-electron chi connectivity index (χ4n) is 4.20. The van der Waals surface area contributed by atoms with Gasteiger partial charge in [0.2, 0.25) is 10.0 Å². The summed E-state index contributed by atoms with van der Waals surface area (Å²) in [7, 11) is -3.50. The Hall–Kier alpha value is -1.40. The van der Waals surface area contributed by atoms with Crippen molar-refractivity contribution in [3.05, 3.63) is 64.7 Å². The molecule has 4 rings (SSSR count). The Balaban J connectivity index is 1.35. The second-order valence-corrected chi connectivity index (χ2v) is 9.85. The zero-order chi connectivity index (χ0) is 18.9. The van der Waals surface area contributed by atoms with Gasteiger partial charge < -0.3 is 0 Å². The lowest BCUT2D eigenvalue weighted by atomic mass is 9.94. The van der Waals surface area contributed by atoms with Gasteiger partial charge in [0, 0.05) is 32.7 Å². The summed E-state index contributed by atoms with van der Waals surface area (Å²) in [6.45, 7) is 4.29. The van der Waals surface area contributed by atoms with E-state index in [1.165, 1.54) is 11.1 Å². The molecule has 0 aliphatic carbocycles. The molecule has 0 unspecified atom stereocenters. The number of sulfonamides is 1. The summed E-state index contributed by atoms with van der Waals surface area (Å²) < 4.78 is 27.3. The molecule has 4 nitrogen and oxygen atoms in total. The monoisotopic (exact) mass is 404 g/mol. The molecule has 6 heteroatoms. The topological polar surface area (TPSA) is 40.6 Å². The fourth-order valence-corrected chi connectivity index (χ4v) is 6.16. The summed E-state index contributed by atoms with van der Waals surface area (Å²) in [5, 5.41) is 0.298. The molecule has 0 N–H and O–H groups in total. The van der Waals surface area contributed by atoms with E-state index in [1.54, 1.807) is 28.6 Å². The minimum Gasteiger partial charge on any atom is -0.298 e. The first-order valence-corrected chi connectivity index (χ1v) is 11.4. The molecule has 2 aliphatic rings. The quantitative estimate of drug-likeness (QED) is 0.778. The van der Waals surface area contributed by atoms with Crippen LogP contribution < -0.4 is 0 Å². The van der Waals surface area contributed by atoms with Gasteiger partial charge in [0.25, 0.3) is 0 Å². The lowest BCUT2D eigenvalue weighted by molar-refractivity contribution is 0.171. The van der Waals surface area contributed by atoms with E-state index in [2.05, 4.69) is 29.2 Å². The van der Waals surface area contributed by atoms with Crippen molar-refractivity contribution < 1.29 is 8.42 Å². The molecule has 0 atom stereocenters. The summed E-state index contributed by atoms with van der Waals surface area (Å²) in [4.78, 5) is 2.74. The SMILES string of the molecule is O=S(=O)(c1ccccc1Cl)N1CCC(CN2CCc3ccccc3C2)CC1. The lowest BCUT2D eigenvalue weighted by Crippen LogP contribution is -2.42. The van der Waals surface area contributed by atoms with Crippen molar-refractivity contribution in [2.45, 2.75) is 30.7 Å². The molecular weight excluding hydrogens is 380 g/mol. The molecule has 2 aromatic rings. The van der Waals surface area contributed by atoms with Gasteiger partial charge in [-0.15, -0.1) is 0 Å². The maximum absolute atomic E-state index is 12.9. The minimum atomic E-state index is -3.50. The van der Waals surface area contributed by atoms with Crippen LogP contribution in [0, 0.1) is 5.92 Å². The molecule has 2 aliphatic heterocycles. The number of rotatable bonds is 4. The molecular formula is C21H25ClN2O2S. The average Bonchev–Trinajstić information content (AvgIpc) is 2.68. The number of fused-ring (bicyclic) bond motifs is 1. The Morgan fingerprint density at radius 3 is 2.33 bits per heavy atom. The first-order chi connectivity index (χ1) is 13.0. The predicted molar refractivity (Wildman–Crippen MR) is 108 cm³/mol. The summed E-state index contributed by atoms with van der Waals surface area (Å²) in [5.41, 5.74) is 2.90. The zero-order valence-electron chi connectivity index (χ0n) is 15.4. The van der Waals surface area contributed by atoms with Gasteiger partial charge >= 0.3 is 0 Å². The van der Waals surface area contributed by atoms with Gasteiger partial charge in [-0.05, 0) is 48.4 Å². The molecule has 0 bridgehead atoms. The number of piperidine rings is 1. The van der Waals surface area contributed by atoms with Crippen LogP contribution in [-0.4, -0.2) is 43.8 Å². The third kappa shape index (κ3) is 4.06. The smallest absolute Gasteiger partial charge is 0.244 e. The number of halogens is 1. The van der Waals surface area contributed by atoms with Crippen LogP contribution in [0.2, 0.25) is 5.02 Å². The summed E-state index contributed by atoms with van der Waals surface area (Å²) in [5.74, 6) is 0.549. The Morgan fingerprint density at radius 2 is 1.59 bits per heavy atom. The van der Waals surface area contributed by atoms with E-state index in [0.717, 1.165) is 38.9 Å². The van der Waals surface area contributed by atoms with Gasteiger partial charge in [-0.1, -0.05) is 48.0 Å². The van der Waals surface area contributed by atoms with E-state index in [0.29, 0.717) is 24.0 Å². The number of hydrogen-bond acceptors (Lipinski definition) is 3. The van der Waals surface area contributed by atoms with Crippen molar-refractivity contribution >= 4 is 21.6 Å². The maximum atomic E-state index is 12.9. The lowest BCUT2D eigenvalue weighted by Gasteiger charge is -2.36. The van der Waals surface area contributed by atoms with Crippen molar-refractivity contribution in [1.29, 1.82) is 0 Å². The van der Waals surface area contributed by atoms with E-state index >= 15 is 0 Å². The average molecular weight is 405 g/mol. The molecule has 2 heterocycles. The fraction of sp³-hybridized carbons (Fsp3) is 0.429. The van der Waals surface area contributed by atoms with E-state index in [1.807, 2.05) is 0 Å². The second kappa shape index (κ2) is 7.92. The van der Waals surface area contributed by atoms with Crippen molar-refractivity contribution in [3.8, 4) is 0 Å². The standard InChI is InChI=1S/C21H25ClN2O2S/c22-20-7-3-4-8-21(20)27(25,26)24-13-9-17(10-14-24)15-23-12-11-18-5-1-2-6-19(18)16-23/h1-8,17H,9-16H2. The minimum absolute atomic E-state index is 0.220. The van der Waals surface area contributed by atoms with E-state index < -0.39 is 10.0 Å². The molecule has 0 radical (unpaired) electrons. The number of benzene rings is 2. The summed E-state index contributed by atoms with van der Waals surface area (Å²) >= 11 is 6.11. The van der Waals surface area contributed by atoms with Gasteiger partial charge in [-0.25, -0.2) is 8.42 Å². The van der Waals surface area contributed by atoms with Gasteiger partial charge in [0.15, 0.2) is 0 Å². The number of hydrogen-bond donors (Lipinski definition) is 0. The molecule has 0 saturated carbocycles. The van der Waals surface area contributed by atoms with Crippen LogP contribution in [0.15, 0.2) is 53.4 Å². The third-order valence-corrected chi connectivity index (χ3v) is 8.15. The highest BCUT2D eigenvalue weighted by molar-refractivity contribution is 7.89. The Bertz CT molecular complexity index is 908. The highest BCUT2D eigenvalue weighted by Gasteiger charge is 2.31. The molecule has 27 heavy (non-hydrogen) atoms. The first-order valence-electron chi connectivity index (χ1n) is 9.58. The van der Waals surface area contributed by atoms with E-state index in [4.69, 9.17) is 11.6 Å². The van der Waals surface area contributed by atoms with E-state index in [-0.39, 0.29) is 4.90 Å². The highest BCUT2D eigenvalue weighted by atomic mass is 35.5. The van der Waals surface area contributed by atoms with Gasteiger partial charge in [-0.2, -0.15) is 4.31 Å². The van der Waals surface area contributed by atoms with Crippen LogP contribution in [0.4, 0.5) is 0 Å². The number of nitrogens with zero attached hydrogens (tertiary/aromatic N) is 2. The first kappa shape index (κ1) is 18.9. The van der Waals surface area contributed by atoms with Gasteiger partial charge in [-0.3, -0.25) is 4.90 Å². The normalized spacial score (nSPS) is 19.7. The Kier molecular flexibility index (Phi) is 5.55. The molecule has 1 fully saturated rings. The Morgan fingerprint density at radius 1 is 0.926 bits per heavy atom. The van der Waals surface area contributed by atoms with Crippen molar-refractivity contribution in [3.63, 3.8) is 0 Å². The zero-order valence-corrected chi connectivity index (χ0v) is 16.9. The third-order valence-electron chi connectivity index (χ3n) is 5.75. The van der Waals surface area contributed by atoms with Crippen LogP contribution in [0.5, 0.6) is 0 Å². The molecule has 0 spiro atoms. The largest absolute Gasteiger partial charge is 0.298 e. The van der Waals surface area contributed by atoms with Crippen LogP contribution in [0.3, 0.4) is 0 Å². The van der Waals surface area contributed by atoms with Crippen LogP contribution in [-0.2, 0) is 23.0 Å². The van der Waals surface area contributed by atoms with Crippen molar-refractivity contribution in [2.24, 2.45) is 5.92 Å². The highest BCUT2D eigenvalue weighted by Crippen LogP contribution is 2.29. The Labute approximate surface area is 166 Å². The molecule has 1 saturated heterocycles. The van der Waals surface area contributed by atoms with Crippen LogP contribution in [0.1, 0.15) is 24.0 Å². The van der Waals surface area contributed by atoms with Gasteiger partial charge in [0.05, 0.1) is 5.02 Å². The van der Waals surface area contributed by atoms with Crippen LogP contribution in [0.25, 0.3) is 0 Å². The van der Waals surface area contributed by atoms with E-state index in [9.17, 15) is 8.42 Å². The van der Waals surface area contributed by atoms with Crippen molar-refractivity contribution in [2.75, 3.05) is 26.2 Å². The van der Waals surface area contributed by atoms with Crippen molar-refractivity contribution in [1.82, 2.24) is 9.21 Å². The summed E-state index contributed by atoms with van der Waals surface area (Å²) in [6, 6.07) is 15.4. The molecule has 144 valence electrons.